The minimum Gasteiger partial charge on any atom is -0.320 e. The van der Waals surface area contributed by atoms with Gasteiger partial charge in [-0.05, 0) is 17.5 Å². The highest BCUT2D eigenvalue weighted by atomic mass is 32.1. The van der Waals surface area contributed by atoms with Crippen molar-refractivity contribution < 1.29 is 4.79 Å². The van der Waals surface area contributed by atoms with Gasteiger partial charge >= 0.3 is 6.03 Å². The maximum atomic E-state index is 12.1. The lowest BCUT2D eigenvalue weighted by molar-refractivity contribution is 0.206. The number of anilines is 1. The predicted octanol–water partition coefficient (Wildman–Crippen LogP) is 2.13. The molecule has 0 saturated carbocycles. The van der Waals surface area contributed by atoms with Crippen molar-refractivity contribution in [2.75, 3.05) is 11.9 Å². The molecule has 92 valence electrons. The number of carbonyl (C=O) groups excluding carboxylic acids is 1. The number of thiophene rings is 1. The Labute approximate surface area is 108 Å². The summed E-state index contributed by atoms with van der Waals surface area (Å²) in [5.41, 5.74) is 2.08. The number of amides is 2. The van der Waals surface area contributed by atoms with Crippen LogP contribution in [0.2, 0.25) is 0 Å². The van der Waals surface area contributed by atoms with E-state index >= 15 is 0 Å². The molecule has 2 amide bonds. The number of fused-ring (bicyclic) bond motifs is 1. The molecule has 0 aliphatic carbocycles. The smallest absolute Gasteiger partial charge is 0.320 e. The summed E-state index contributed by atoms with van der Waals surface area (Å²) in [5, 5.41) is 5.70. The normalized spacial score (nSPS) is 14.1. The van der Waals surface area contributed by atoms with Crippen molar-refractivity contribution in [2.24, 2.45) is 0 Å². The van der Waals surface area contributed by atoms with Crippen LogP contribution in [0.25, 0.3) is 0 Å². The van der Waals surface area contributed by atoms with Gasteiger partial charge < -0.3 is 4.90 Å². The van der Waals surface area contributed by atoms with E-state index in [-0.39, 0.29) is 6.03 Å². The second-order valence-corrected chi connectivity index (χ2v) is 5.02. The molecule has 1 aliphatic heterocycles. The molecule has 0 saturated heterocycles. The SMILES string of the molecule is O=C(Nc1cccs1)N1CCc2ncncc2C1. The minimum atomic E-state index is -0.0630. The van der Waals surface area contributed by atoms with Gasteiger partial charge in [0.15, 0.2) is 0 Å². The van der Waals surface area contributed by atoms with Crippen molar-refractivity contribution in [2.45, 2.75) is 13.0 Å². The molecule has 5 nitrogen and oxygen atoms in total. The van der Waals surface area contributed by atoms with Crippen LogP contribution in [0.5, 0.6) is 0 Å². The van der Waals surface area contributed by atoms with Gasteiger partial charge in [0.1, 0.15) is 6.33 Å². The third-order valence-electron chi connectivity index (χ3n) is 2.90. The third-order valence-corrected chi connectivity index (χ3v) is 3.68. The third kappa shape index (κ3) is 2.19. The molecule has 0 spiro atoms. The maximum Gasteiger partial charge on any atom is 0.322 e. The first-order valence-electron chi connectivity index (χ1n) is 5.70. The lowest BCUT2D eigenvalue weighted by Crippen LogP contribution is -2.39. The van der Waals surface area contributed by atoms with Crippen LogP contribution in [0.3, 0.4) is 0 Å². The number of rotatable bonds is 1. The standard InChI is InChI=1S/C12H12N4OS/c17-12(15-11-2-1-5-18-11)16-4-3-10-9(7-16)6-13-8-14-10/h1-2,5-6,8H,3-4,7H2,(H,15,17). The van der Waals surface area contributed by atoms with Crippen LogP contribution >= 0.6 is 11.3 Å². The molecule has 6 heteroatoms. The van der Waals surface area contributed by atoms with Gasteiger partial charge in [-0.25, -0.2) is 14.8 Å². The fourth-order valence-corrected chi connectivity index (χ4v) is 2.58. The van der Waals surface area contributed by atoms with Crippen LogP contribution in [0.1, 0.15) is 11.3 Å². The predicted molar refractivity (Wildman–Crippen MR) is 69.5 cm³/mol. The first kappa shape index (κ1) is 11.2. The molecule has 0 radical (unpaired) electrons. The Kier molecular flexibility index (Phi) is 2.93. The van der Waals surface area contributed by atoms with Crippen molar-refractivity contribution in [1.29, 1.82) is 0 Å². The van der Waals surface area contributed by atoms with Gasteiger partial charge in [-0.15, -0.1) is 11.3 Å². The molecule has 0 fully saturated rings. The summed E-state index contributed by atoms with van der Waals surface area (Å²) in [5.74, 6) is 0. The van der Waals surface area contributed by atoms with Crippen molar-refractivity contribution in [1.82, 2.24) is 14.9 Å². The zero-order chi connectivity index (χ0) is 12.4. The highest BCUT2D eigenvalue weighted by Gasteiger charge is 2.21. The molecule has 18 heavy (non-hydrogen) atoms. The van der Waals surface area contributed by atoms with Gasteiger partial charge in [-0.2, -0.15) is 0 Å². The van der Waals surface area contributed by atoms with Crippen molar-refractivity contribution >= 4 is 22.4 Å². The van der Waals surface area contributed by atoms with Gasteiger partial charge in [0.2, 0.25) is 0 Å². The number of hydrogen-bond donors (Lipinski definition) is 1. The molecule has 1 N–H and O–H groups in total. The number of urea groups is 1. The zero-order valence-corrected chi connectivity index (χ0v) is 10.5. The van der Waals surface area contributed by atoms with Crippen molar-refractivity contribution in [3.63, 3.8) is 0 Å². The van der Waals surface area contributed by atoms with Gasteiger partial charge in [0.25, 0.3) is 0 Å². The number of hydrogen-bond acceptors (Lipinski definition) is 4. The Bertz CT molecular complexity index is 555. The first-order valence-corrected chi connectivity index (χ1v) is 6.58. The molecule has 2 aromatic heterocycles. The zero-order valence-electron chi connectivity index (χ0n) is 9.67. The molecular weight excluding hydrogens is 248 g/mol. The van der Waals surface area contributed by atoms with E-state index < -0.39 is 0 Å². The highest BCUT2D eigenvalue weighted by molar-refractivity contribution is 7.14. The molecule has 0 bridgehead atoms. The Morgan fingerprint density at radius 1 is 1.50 bits per heavy atom. The summed E-state index contributed by atoms with van der Waals surface area (Å²) in [6.07, 6.45) is 4.13. The first-order chi connectivity index (χ1) is 8.83. The number of nitrogens with zero attached hydrogens (tertiary/aromatic N) is 3. The lowest BCUT2D eigenvalue weighted by Gasteiger charge is -2.27. The van der Waals surface area contributed by atoms with Crippen LogP contribution in [0, 0.1) is 0 Å². The molecule has 3 rings (SSSR count). The lowest BCUT2D eigenvalue weighted by atomic mass is 10.1. The largest absolute Gasteiger partial charge is 0.322 e. The molecule has 3 heterocycles. The summed E-state index contributed by atoms with van der Waals surface area (Å²) in [7, 11) is 0. The van der Waals surface area contributed by atoms with Crippen LogP contribution in [-0.4, -0.2) is 27.4 Å². The Morgan fingerprint density at radius 2 is 2.44 bits per heavy atom. The van der Waals surface area contributed by atoms with E-state index in [0.717, 1.165) is 22.7 Å². The van der Waals surface area contributed by atoms with Gasteiger partial charge in [0.05, 0.1) is 17.2 Å². The molecule has 0 unspecified atom stereocenters. The average molecular weight is 260 g/mol. The summed E-state index contributed by atoms with van der Waals surface area (Å²) in [4.78, 5) is 22.1. The van der Waals surface area contributed by atoms with Crippen molar-refractivity contribution in [3.8, 4) is 0 Å². The second-order valence-electron chi connectivity index (χ2n) is 4.07. The molecular formula is C12H12N4OS. The number of carbonyl (C=O) groups is 1. The van der Waals surface area contributed by atoms with E-state index in [0.29, 0.717) is 13.1 Å². The van der Waals surface area contributed by atoms with E-state index in [1.165, 1.54) is 11.3 Å². The fraction of sp³-hybridized carbons (Fsp3) is 0.250. The average Bonchev–Trinajstić information content (AvgIpc) is 2.91. The fourth-order valence-electron chi connectivity index (χ4n) is 1.97. The summed E-state index contributed by atoms with van der Waals surface area (Å²) >= 11 is 1.52. The monoisotopic (exact) mass is 260 g/mol. The van der Waals surface area contributed by atoms with Gasteiger partial charge in [-0.3, -0.25) is 5.32 Å². The highest BCUT2D eigenvalue weighted by Crippen LogP contribution is 2.19. The topological polar surface area (TPSA) is 58.1 Å². The van der Waals surface area contributed by atoms with Crippen LogP contribution < -0.4 is 5.32 Å². The van der Waals surface area contributed by atoms with E-state index in [2.05, 4.69) is 15.3 Å². The summed E-state index contributed by atoms with van der Waals surface area (Å²) < 4.78 is 0. The van der Waals surface area contributed by atoms with E-state index in [1.807, 2.05) is 17.5 Å². The van der Waals surface area contributed by atoms with Gasteiger partial charge in [0, 0.05) is 24.7 Å². The van der Waals surface area contributed by atoms with Crippen molar-refractivity contribution in [3.05, 3.63) is 41.3 Å². The Hall–Kier alpha value is -1.95. The van der Waals surface area contributed by atoms with E-state index in [1.54, 1.807) is 17.4 Å². The summed E-state index contributed by atoms with van der Waals surface area (Å²) in [6, 6.07) is 3.75. The van der Waals surface area contributed by atoms with Gasteiger partial charge in [-0.1, -0.05) is 0 Å². The number of aromatic nitrogens is 2. The summed E-state index contributed by atoms with van der Waals surface area (Å²) in [6.45, 7) is 1.27. The Morgan fingerprint density at radius 3 is 3.28 bits per heavy atom. The molecule has 2 aromatic rings. The van der Waals surface area contributed by atoms with E-state index in [9.17, 15) is 4.79 Å². The molecule has 0 aromatic carbocycles. The molecule has 0 atom stereocenters. The molecule has 1 aliphatic rings. The Balaban J connectivity index is 1.70. The van der Waals surface area contributed by atoms with Crippen LogP contribution in [0.4, 0.5) is 9.80 Å². The second kappa shape index (κ2) is 4.73. The quantitative estimate of drug-likeness (QED) is 0.854. The van der Waals surface area contributed by atoms with Crippen LogP contribution in [0.15, 0.2) is 30.0 Å². The van der Waals surface area contributed by atoms with E-state index in [4.69, 9.17) is 0 Å². The minimum absolute atomic E-state index is 0.0630. The maximum absolute atomic E-state index is 12.1. The number of nitrogens with one attached hydrogen (secondary N) is 1. The van der Waals surface area contributed by atoms with Crippen LogP contribution in [-0.2, 0) is 13.0 Å².